The zero-order valence-corrected chi connectivity index (χ0v) is 9.08. The smallest absolute Gasteiger partial charge is 0.255 e. The maximum Gasteiger partial charge on any atom is 0.255 e. The van der Waals surface area contributed by atoms with Crippen molar-refractivity contribution < 1.29 is 18.7 Å². The van der Waals surface area contributed by atoms with E-state index < -0.39 is 18.9 Å². The highest BCUT2D eigenvalue weighted by Crippen LogP contribution is 2.17. The van der Waals surface area contributed by atoms with E-state index in [-0.39, 0.29) is 5.75 Å². The Kier molecular flexibility index (Phi) is 3.82. The second kappa shape index (κ2) is 4.92. The van der Waals surface area contributed by atoms with E-state index in [2.05, 4.69) is 0 Å². The van der Waals surface area contributed by atoms with Gasteiger partial charge in [0.1, 0.15) is 5.75 Å². The molecule has 1 rings (SSSR count). The van der Waals surface area contributed by atoms with Crippen LogP contribution < -0.4 is 0 Å². The predicted octanol–water partition coefficient (Wildman–Crippen LogP) is 2.04. The molecule has 1 aromatic rings. The molecule has 0 aliphatic rings. The number of phenolic OH excluding ortho intramolecular Hbond substituents is 1. The van der Waals surface area contributed by atoms with Crippen LogP contribution in [0.25, 0.3) is 0 Å². The highest BCUT2D eigenvalue weighted by atomic mass is 19.3. The lowest BCUT2D eigenvalue weighted by molar-refractivity contribution is 0.0619. The van der Waals surface area contributed by atoms with Crippen LogP contribution in [0.4, 0.5) is 8.78 Å². The molecule has 0 radical (unpaired) electrons. The van der Waals surface area contributed by atoms with Crippen molar-refractivity contribution in [3.05, 3.63) is 29.3 Å². The van der Waals surface area contributed by atoms with E-state index in [9.17, 15) is 13.6 Å². The Morgan fingerprint density at radius 2 is 2.12 bits per heavy atom. The van der Waals surface area contributed by atoms with Crippen molar-refractivity contribution in [2.75, 3.05) is 13.6 Å². The number of carbonyl (C=O) groups is 1. The van der Waals surface area contributed by atoms with Crippen LogP contribution in [-0.2, 0) is 0 Å². The monoisotopic (exact) mass is 229 g/mol. The van der Waals surface area contributed by atoms with Crippen LogP contribution >= 0.6 is 0 Å². The zero-order chi connectivity index (χ0) is 12.3. The summed E-state index contributed by atoms with van der Waals surface area (Å²) in [5.74, 6) is -0.427. The van der Waals surface area contributed by atoms with Crippen LogP contribution in [0.3, 0.4) is 0 Å². The topological polar surface area (TPSA) is 40.5 Å². The Balaban J connectivity index is 2.88. The highest BCUT2D eigenvalue weighted by Gasteiger charge is 2.17. The third-order valence-corrected chi connectivity index (χ3v) is 2.20. The van der Waals surface area contributed by atoms with E-state index in [1.165, 1.54) is 25.2 Å². The molecule has 0 aliphatic heterocycles. The van der Waals surface area contributed by atoms with Gasteiger partial charge in [-0.3, -0.25) is 4.79 Å². The lowest BCUT2D eigenvalue weighted by Gasteiger charge is -2.17. The second-order valence-electron chi connectivity index (χ2n) is 3.58. The van der Waals surface area contributed by atoms with Gasteiger partial charge >= 0.3 is 0 Å². The summed E-state index contributed by atoms with van der Waals surface area (Å²) in [5.41, 5.74) is 0.882. The number of alkyl halides is 2. The van der Waals surface area contributed by atoms with Crippen molar-refractivity contribution in [3.8, 4) is 5.75 Å². The van der Waals surface area contributed by atoms with E-state index in [4.69, 9.17) is 5.11 Å². The Morgan fingerprint density at radius 1 is 1.50 bits per heavy atom. The maximum atomic E-state index is 12.1. The second-order valence-corrected chi connectivity index (χ2v) is 3.58. The van der Waals surface area contributed by atoms with Gasteiger partial charge in [-0.15, -0.1) is 0 Å². The number of hydrogen-bond donors (Lipinski definition) is 1. The average Bonchev–Trinajstić information content (AvgIpc) is 2.15. The minimum absolute atomic E-state index is 0.0468. The molecule has 1 N–H and O–H groups in total. The summed E-state index contributed by atoms with van der Waals surface area (Å²) < 4.78 is 24.2. The van der Waals surface area contributed by atoms with Crippen molar-refractivity contribution in [1.82, 2.24) is 4.90 Å². The van der Waals surface area contributed by atoms with E-state index in [0.29, 0.717) is 11.1 Å². The van der Waals surface area contributed by atoms with E-state index in [1.54, 1.807) is 6.92 Å². The Labute approximate surface area is 92.3 Å². The number of aryl methyl sites for hydroxylation is 1. The predicted molar refractivity (Wildman–Crippen MR) is 55.8 cm³/mol. The number of aromatic hydroxyl groups is 1. The molecule has 5 heteroatoms. The average molecular weight is 229 g/mol. The number of hydrogen-bond acceptors (Lipinski definition) is 2. The summed E-state index contributed by atoms with van der Waals surface area (Å²) in [4.78, 5) is 12.7. The van der Waals surface area contributed by atoms with Gasteiger partial charge in [-0.05, 0) is 30.7 Å². The van der Waals surface area contributed by atoms with Gasteiger partial charge in [0.25, 0.3) is 12.3 Å². The summed E-state index contributed by atoms with van der Waals surface area (Å²) in [5, 5.41) is 9.16. The summed E-state index contributed by atoms with van der Waals surface area (Å²) in [7, 11) is 1.32. The van der Waals surface area contributed by atoms with Crippen LogP contribution in [0, 0.1) is 6.92 Å². The van der Waals surface area contributed by atoms with Crippen molar-refractivity contribution in [2.45, 2.75) is 13.3 Å². The molecule has 0 heterocycles. The third kappa shape index (κ3) is 2.92. The van der Waals surface area contributed by atoms with Crippen molar-refractivity contribution in [3.63, 3.8) is 0 Å². The van der Waals surface area contributed by atoms with Gasteiger partial charge < -0.3 is 10.0 Å². The normalized spacial score (nSPS) is 10.6. The molecule has 0 bridgehead atoms. The van der Waals surface area contributed by atoms with Gasteiger partial charge in [-0.1, -0.05) is 0 Å². The quantitative estimate of drug-likeness (QED) is 0.861. The van der Waals surface area contributed by atoms with E-state index >= 15 is 0 Å². The molecule has 0 saturated heterocycles. The fraction of sp³-hybridized carbons (Fsp3) is 0.364. The lowest BCUT2D eigenvalue weighted by Crippen LogP contribution is -2.31. The maximum absolute atomic E-state index is 12.1. The fourth-order valence-corrected chi connectivity index (χ4v) is 1.38. The van der Waals surface area contributed by atoms with Gasteiger partial charge in [0, 0.05) is 12.6 Å². The number of halogens is 2. The van der Waals surface area contributed by atoms with Crippen molar-refractivity contribution in [1.29, 1.82) is 0 Å². The molecule has 0 saturated carbocycles. The number of carbonyl (C=O) groups excluding carboxylic acids is 1. The van der Waals surface area contributed by atoms with Gasteiger partial charge in [0.2, 0.25) is 0 Å². The van der Waals surface area contributed by atoms with Crippen LogP contribution in [0.15, 0.2) is 18.2 Å². The number of amides is 1. The van der Waals surface area contributed by atoms with E-state index in [0.717, 1.165) is 4.90 Å². The molecular weight excluding hydrogens is 216 g/mol. The molecule has 88 valence electrons. The van der Waals surface area contributed by atoms with E-state index in [1.807, 2.05) is 0 Å². The van der Waals surface area contributed by atoms with Gasteiger partial charge in [0.05, 0.1) is 6.54 Å². The molecule has 1 aromatic carbocycles. The van der Waals surface area contributed by atoms with Crippen molar-refractivity contribution >= 4 is 5.91 Å². The standard InChI is InChI=1S/C11H13F2NO2/c1-7-5-8(15)3-4-9(7)11(16)14(2)6-10(12)13/h3-5,10,15H,6H2,1-2H3. The summed E-state index contributed by atoms with van der Waals surface area (Å²) >= 11 is 0. The van der Waals surface area contributed by atoms with Gasteiger partial charge in [-0.25, -0.2) is 8.78 Å². The molecule has 0 aromatic heterocycles. The van der Waals surface area contributed by atoms with Gasteiger partial charge in [0.15, 0.2) is 0 Å². The summed E-state index contributed by atoms with van der Waals surface area (Å²) in [6.45, 7) is 1.04. The molecule has 0 spiro atoms. The first-order valence-electron chi connectivity index (χ1n) is 4.75. The number of nitrogens with zero attached hydrogens (tertiary/aromatic N) is 1. The highest BCUT2D eigenvalue weighted by molar-refractivity contribution is 5.95. The SMILES string of the molecule is Cc1cc(O)ccc1C(=O)N(C)CC(F)F. The largest absolute Gasteiger partial charge is 0.508 e. The fourth-order valence-electron chi connectivity index (χ4n) is 1.38. The summed E-state index contributed by atoms with van der Waals surface area (Å²) in [6.07, 6.45) is -2.55. The number of benzene rings is 1. The van der Waals surface area contributed by atoms with Crippen LogP contribution in [0.2, 0.25) is 0 Å². The minimum atomic E-state index is -2.55. The minimum Gasteiger partial charge on any atom is -0.508 e. The zero-order valence-electron chi connectivity index (χ0n) is 9.08. The molecule has 1 amide bonds. The lowest BCUT2D eigenvalue weighted by atomic mass is 10.1. The molecule has 0 unspecified atom stereocenters. The molecule has 3 nitrogen and oxygen atoms in total. The number of phenols is 1. The van der Waals surface area contributed by atoms with Gasteiger partial charge in [-0.2, -0.15) is 0 Å². The Hall–Kier alpha value is -1.65. The van der Waals surface area contributed by atoms with Crippen LogP contribution in [-0.4, -0.2) is 35.9 Å². The Bertz CT molecular complexity index is 394. The third-order valence-electron chi connectivity index (χ3n) is 2.20. The first-order valence-corrected chi connectivity index (χ1v) is 4.75. The molecule has 0 aliphatic carbocycles. The van der Waals surface area contributed by atoms with Crippen LogP contribution in [0.5, 0.6) is 5.75 Å². The first kappa shape index (κ1) is 12.4. The molecule has 0 atom stereocenters. The van der Waals surface area contributed by atoms with Crippen molar-refractivity contribution in [2.24, 2.45) is 0 Å². The van der Waals surface area contributed by atoms with Crippen LogP contribution in [0.1, 0.15) is 15.9 Å². The molecule has 0 fully saturated rings. The molecular formula is C11H13F2NO2. The molecule has 16 heavy (non-hydrogen) atoms. The summed E-state index contributed by atoms with van der Waals surface area (Å²) in [6, 6.07) is 4.20. The number of rotatable bonds is 3. The Morgan fingerprint density at radius 3 is 2.62 bits per heavy atom. The first-order chi connectivity index (χ1) is 7.41.